The minimum absolute atomic E-state index is 0.159. The van der Waals surface area contributed by atoms with E-state index in [0.717, 1.165) is 24.5 Å². The highest BCUT2D eigenvalue weighted by molar-refractivity contribution is 7.92. The van der Waals surface area contributed by atoms with Crippen LogP contribution in [0.15, 0.2) is 33.3 Å². The minimum atomic E-state index is -4.07. The lowest BCUT2D eigenvalue weighted by Gasteiger charge is -2.32. The molecule has 1 aromatic carbocycles. The first-order valence-corrected chi connectivity index (χ1v) is 14.2. The van der Waals surface area contributed by atoms with Crippen LogP contribution in [0.5, 0.6) is 0 Å². The van der Waals surface area contributed by atoms with Gasteiger partial charge in [0, 0.05) is 55.0 Å². The molecule has 7 nitrogen and oxygen atoms in total. The van der Waals surface area contributed by atoms with E-state index in [1.54, 1.807) is 16.7 Å². The fourth-order valence-corrected chi connectivity index (χ4v) is 7.13. The Morgan fingerprint density at radius 1 is 1.27 bits per heavy atom. The number of hydrogen-bond acceptors (Lipinski definition) is 8. The molecule has 3 heterocycles. The normalized spacial score (nSPS) is 20.8. The molecular formula is C22H26FN5O2S3. The molecule has 33 heavy (non-hydrogen) atoms. The van der Waals surface area contributed by atoms with Crippen LogP contribution in [0, 0.1) is 18.7 Å². The summed E-state index contributed by atoms with van der Waals surface area (Å²) in [6, 6.07) is 2.89. The summed E-state index contributed by atoms with van der Waals surface area (Å²) in [5, 5.41) is 8.36. The van der Waals surface area contributed by atoms with E-state index in [2.05, 4.69) is 25.3 Å². The Kier molecular flexibility index (Phi) is 6.15. The van der Waals surface area contributed by atoms with E-state index in [4.69, 9.17) is 4.98 Å². The van der Waals surface area contributed by atoms with E-state index in [-0.39, 0.29) is 16.8 Å². The van der Waals surface area contributed by atoms with Gasteiger partial charge in [-0.25, -0.2) is 22.8 Å². The first-order valence-electron chi connectivity index (χ1n) is 10.9. The molecule has 1 saturated carbocycles. The summed E-state index contributed by atoms with van der Waals surface area (Å²) in [6.45, 7) is 3.47. The van der Waals surface area contributed by atoms with Crippen molar-refractivity contribution < 1.29 is 12.8 Å². The molecule has 176 valence electrons. The number of thiazole rings is 2. The Balaban J connectivity index is 1.35. The van der Waals surface area contributed by atoms with Crippen molar-refractivity contribution in [1.29, 1.82) is 0 Å². The van der Waals surface area contributed by atoms with Gasteiger partial charge in [-0.3, -0.25) is 4.72 Å². The van der Waals surface area contributed by atoms with E-state index in [0.29, 0.717) is 23.1 Å². The zero-order valence-electron chi connectivity index (χ0n) is 18.4. The third kappa shape index (κ3) is 4.77. The maximum absolute atomic E-state index is 15.0. The number of hydrogen-bond donors (Lipinski definition) is 2. The van der Waals surface area contributed by atoms with Crippen LogP contribution in [-0.4, -0.2) is 44.6 Å². The molecule has 1 aliphatic heterocycles. The van der Waals surface area contributed by atoms with Crippen molar-refractivity contribution >= 4 is 44.2 Å². The summed E-state index contributed by atoms with van der Waals surface area (Å²) in [5.74, 6) is 0.401. The van der Waals surface area contributed by atoms with Crippen LogP contribution < -0.4 is 14.9 Å². The molecule has 3 aromatic rings. The van der Waals surface area contributed by atoms with E-state index < -0.39 is 15.8 Å². The van der Waals surface area contributed by atoms with Crippen LogP contribution in [0.2, 0.25) is 0 Å². The van der Waals surface area contributed by atoms with E-state index in [1.165, 1.54) is 47.5 Å². The molecule has 0 spiro atoms. The summed E-state index contributed by atoms with van der Waals surface area (Å²) in [4.78, 5) is 10.5. The third-order valence-corrected chi connectivity index (χ3v) is 9.24. The van der Waals surface area contributed by atoms with Crippen LogP contribution in [0.4, 0.5) is 15.9 Å². The summed E-state index contributed by atoms with van der Waals surface area (Å²) >= 11 is 2.99. The van der Waals surface area contributed by atoms with Crippen molar-refractivity contribution in [3.05, 3.63) is 50.5 Å². The lowest BCUT2D eigenvalue weighted by Crippen LogP contribution is -2.39. The highest BCUT2D eigenvalue weighted by atomic mass is 32.2. The molecule has 0 radical (unpaired) electrons. The molecule has 2 atom stereocenters. The molecule has 0 bridgehead atoms. The number of halogens is 1. The minimum Gasteiger partial charge on any atom is -0.370 e. The molecule has 2 aromatic heterocycles. The average Bonchev–Trinajstić information content (AvgIpc) is 3.15. The van der Waals surface area contributed by atoms with Gasteiger partial charge in [0.15, 0.2) is 5.82 Å². The number of aromatic nitrogens is 2. The zero-order valence-corrected chi connectivity index (χ0v) is 20.9. The molecule has 2 aliphatic rings. The topological polar surface area (TPSA) is 87.2 Å². The van der Waals surface area contributed by atoms with Crippen molar-refractivity contribution in [3.63, 3.8) is 0 Å². The number of anilines is 2. The van der Waals surface area contributed by atoms with Crippen LogP contribution in [0.25, 0.3) is 0 Å². The van der Waals surface area contributed by atoms with Gasteiger partial charge in [-0.05, 0) is 43.4 Å². The van der Waals surface area contributed by atoms with Gasteiger partial charge in [0.1, 0.15) is 10.7 Å². The molecule has 5 rings (SSSR count). The fraction of sp³-hybridized carbons (Fsp3) is 0.455. The zero-order chi connectivity index (χ0) is 23.2. The van der Waals surface area contributed by atoms with Gasteiger partial charge in [0.25, 0.3) is 10.0 Å². The molecule has 0 unspecified atom stereocenters. The molecule has 0 amide bonds. The van der Waals surface area contributed by atoms with Gasteiger partial charge in [-0.2, -0.15) is 0 Å². The summed E-state index contributed by atoms with van der Waals surface area (Å²) < 4.78 is 42.8. The van der Waals surface area contributed by atoms with Crippen molar-refractivity contribution in [2.24, 2.45) is 5.92 Å². The lowest BCUT2D eigenvalue weighted by atomic mass is 9.98. The number of rotatable bonds is 8. The predicted molar refractivity (Wildman–Crippen MR) is 130 cm³/mol. The summed E-state index contributed by atoms with van der Waals surface area (Å²) in [6.07, 6.45) is 3.37. The largest absolute Gasteiger partial charge is 0.370 e. The number of nitrogens with zero attached hydrogens (tertiary/aromatic N) is 3. The highest BCUT2D eigenvalue weighted by Crippen LogP contribution is 2.40. The standard InChI is InChI=1S/C22H26FN5O2S3/c1-13-5-20(33(29,30)27-21-11-31-12-25-21)16(23)7-18(13)28(2)19-9-24-8-15(19)6-22-26-17(10-32-22)14-3-4-14/h5,7,10-12,14-15,19,24,27H,3-4,6,8-9H2,1-2H3/t15-,19+/m0/s1. The van der Waals surface area contributed by atoms with Gasteiger partial charge in [0.05, 0.1) is 16.2 Å². The average molecular weight is 508 g/mol. The molecule has 1 saturated heterocycles. The van der Waals surface area contributed by atoms with Crippen molar-refractivity contribution in [2.75, 3.05) is 29.8 Å². The second-order valence-electron chi connectivity index (χ2n) is 8.79. The lowest BCUT2D eigenvalue weighted by molar-refractivity contribution is 0.490. The smallest absolute Gasteiger partial charge is 0.266 e. The second-order valence-corrected chi connectivity index (χ2v) is 12.1. The maximum Gasteiger partial charge on any atom is 0.266 e. The van der Waals surface area contributed by atoms with E-state index in [1.807, 2.05) is 14.0 Å². The first-order chi connectivity index (χ1) is 15.8. The van der Waals surface area contributed by atoms with Gasteiger partial charge in [-0.15, -0.1) is 22.7 Å². The summed E-state index contributed by atoms with van der Waals surface area (Å²) in [5.41, 5.74) is 4.14. The number of nitrogens with one attached hydrogen (secondary N) is 2. The quantitative estimate of drug-likeness (QED) is 0.479. The van der Waals surface area contributed by atoms with Gasteiger partial charge < -0.3 is 10.2 Å². The van der Waals surface area contributed by atoms with Crippen LogP contribution in [0.3, 0.4) is 0 Å². The molecular weight excluding hydrogens is 481 g/mol. The first kappa shape index (κ1) is 22.7. The Morgan fingerprint density at radius 2 is 2.09 bits per heavy atom. The number of likely N-dealkylation sites (N-methyl/N-ethyl adjacent to an activating group) is 1. The van der Waals surface area contributed by atoms with Gasteiger partial charge >= 0.3 is 0 Å². The maximum atomic E-state index is 15.0. The van der Waals surface area contributed by atoms with Crippen molar-refractivity contribution in [1.82, 2.24) is 15.3 Å². The second kappa shape index (κ2) is 8.94. The van der Waals surface area contributed by atoms with E-state index >= 15 is 4.39 Å². The Labute approximate surface area is 201 Å². The molecule has 2 N–H and O–H groups in total. The molecule has 1 aliphatic carbocycles. The Hall–Kier alpha value is -2.08. The van der Waals surface area contributed by atoms with Crippen LogP contribution in [-0.2, 0) is 16.4 Å². The fourth-order valence-electron chi connectivity index (χ4n) is 4.46. The number of sulfonamides is 1. The highest BCUT2D eigenvalue weighted by Gasteiger charge is 2.33. The van der Waals surface area contributed by atoms with Gasteiger partial charge in [0.2, 0.25) is 0 Å². The predicted octanol–water partition coefficient (Wildman–Crippen LogP) is 3.99. The SMILES string of the molecule is Cc1cc(S(=O)(=O)Nc2cscn2)c(F)cc1N(C)[C@@H]1CNC[C@@H]1Cc1nc(C2CC2)cs1. The Morgan fingerprint density at radius 3 is 2.82 bits per heavy atom. The number of aryl methyl sites for hydroxylation is 1. The molecule has 11 heteroatoms. The Bertz CT molecular complexity index is 1240. The third-order valence-electron chi connectivity index (χ3n) is 6.39. The van der Waals surface area contributed by atoms with Crippen LogP contribution >= 0.6 is 22.7 Å². The van der Waals surface area contributed by atoms with Crippen molar-refractivity contribution in [2.45, 2.75) is 43.0 Å². The van der Waals surface area contributed by atoms with E-state index in [9.17, 15) is 8.42 Å². The molecule has 2 fully saturated rings. The number of benzene rings is 1. The monoisotopic (exact) mass is 507 g/mol. The summed E-state index contributed by atoms with van der Waals surface area (Å²) in [7, 11) is -2.12. The van der Waals surface area contributed by atoms with Crippen LogP contribution in [0.1, 0.15) is 35.0 Å². The van der Waals surface area contributed by atoms with Gasteiger partial charge in [-0.1, -0.05) is 0 Å². The van der Waals surface area contributed by atoms with Crippen molar-refractivity contribution in [3.8, 4) is 0 Å².